The number of rotatable bonds is 8. The first-order valence-electron chi connectivity index (χ1n) is 10.3. The van der Waals surface area contributed by atoms with Gasteiger partial charge in [0.25, 0.3) is 0 Å². The van der Waals surface area contributed by atoms with Gasteiger partial charge in [0, 0.05) is 38.7 Å². The number of hydrogen-bond acceptors (Lipinski definition) is 8. The molecule has 32 heavy (non-hydrogen) atoms. The SMILES string of the molecule is COc1ccc(CNc2nc(N3CCC[C@H]3CO)ncc2C(=O)c2nccn2C)cc1Cl. The minimum Gasteiger partial charge on any atom is -0.495 e. The molecular formula is C22H25ClN6O3. The van der Waals surface area contributed by atoms with Crippen molar-refractivity contribution in [3.8, 4) is 5.75 Å². The van der Waals surface area contributed by atoms with E-state index < -0.39 is 0 Å². The zero-order valence-corrected chi connectivity index (χ0v) is 18.7. The molecule has 0 spiro atoms. The van der Waals surface area contributed by atoms with Gasteiger partial charge in [-0.15, -0.1) is 0 Å². The van der Waals surface area contributed by atoms with Crippen LogP contribution >= 0.6 is 11.6 Å². The van der Waals surface area contributed by atoms with Crippen molar-refractivity contribution < 1.29 is 14.6 Å². The zero-order chi connectivity index (χ0) is 22.7. The van der Waals surface area contributed by atoms with Gasteiger partial charge < -0.3 is 24.6 Å². The number of aliphatic hydroxyl groups excluding tert-OH is 1. The van der Waals surface area contributed by atoms with E-state index in [-0.39, 0.29) is 18.4 Å². The third kappa shape index (κ3) is 4.39. The quantitative estimate of drug-likeness (QED) is 0.498. The maximum atomic E-state index is 13.2. The Morgan fingerprint density at radius 1 is 1.38 bits per heavy atom. The largest absolute Gasteiger partial charge is 0.495 e. The van der Waals surface area contributed by atoms with Crippen molar-refractivity contribution >= 4 is 29.2 Å². The highest BCUT2D eigenvalue weighted by atomic mass is 35.5. The number of hydrogen-bond donors (Lipinski definition) is 2. The Kier molecular flexibility index (Phi) is 6.57. The molecular weight excluding hydrogens is 432 g/mol. The molecule has 1 saturated heterocycles. The molecule has 1 atom stereocenters. The van der Waals surface area contributed by atoms with E-state index in [1.807, 2.05) is 11.0 Å². The van der Waals surface area contributed by atoms with Crippen molar-refractivity contribution in [3.63, 3.8) is 0 Å². The van der Waals surface area contributed by atoms with E-state index in [0.717, 1.165) is 24.9 Å². The number of methoxy groups -OCH3 is 1. The fraction of sp³-hybridized carbons (Fsp3) is 0.364. The molecule has 10 heteroatoms. The van der Waals surface area contributed by atoms with Crippen LogP contribution in [0.15, 0.2) is 36.8 Å². The second kappa shape index (κ2) is 9.54. The summed E-state index contributed by atoms with van der Waals surface area (Å²) >= 11 is 6.25. The topological polar surface area (TPSA) is 105 Å². The van der Waals surface area contributed by atoms with Crippen LogP contribution in [0.4, 0.5) is 11.8 Å². The van der Waals surface area contributed by atoms with Crippen LogP contribution in [-0.2, 0) is 13.6 Å². The molecule has 168 valence electrons. The number of halogens is 1. The summed E-state index contributed by atoms with van der Waals surface area (Å²) < 4.78 is 6.86. The van der Waals surface area contributed by atoms with Crippen molar-refractivity contribution in [1.82, 2.24) is 19.5 Å². The fourth-order valence-corrected chi connectivity index (χ4v) is 4.09. The lowest BCUT2D eigenvalue weighted by atomic mass is 10.1. The van der Waals surface area contributed by atoms with Crippen LogP contribution in [0.1, 0.15) is 34.6 Å². The number of aliphatic hydroxyl groups is 1. The first kappa shape index (κ1) is 22.0. The molecule has 2 aromatic heterocycles. The summed E-state index contributed by atoms with van der Waals surface area (Å²) in [6, 6.07) is 5.46. The number of ketones is 1. The van der Waals surface area contributed by atoms with E-state index in [4.69, 9.17) is 16.3 Å². The Labute approximate surface area is 191 Å². The van der Waals surface area contributed by atoms with E-state index in [9.17, 15) is 9.90 Å². The summed E-state index contributed by atoms with van der Waals surface area (Å²) in [5, 5.41) is 13.4. The number of nitrogens with one attached hydrogen (secondary N) is 1. The number of aryl methyl sites for hydroxylation is 1. The monoisotopic (exact) mass is 456 g/mol. The first-order valence-corrected chi connectivity index (χ1v) is 10.7. The number of imidazole rings is 1. The van der Waals surface area contributed by atoms with E-state index in [0.29, 0.717) is 40.5 Å². The van der Waals surface area contributed by atoms with Crippen molar-refractivity contribution in [2.24, 2.45) is 7.05 Å². The van der Waals surface area contributed by atoms with Crippen LogP contribution in [0.5, 0.6) is 5.75 Å². The molecule has 0 amide bonds. The molecule has 9 nitrogen and oxygen atoms in total. The summed E-state index contributed by atoms with van der Waals surface area (Å²) in [5.41, 5.74) is 1.23. The highest BCUT2D eigenvalue weighted by Gasteiger charge is 2.28. The Morgan fingerprint density at radius 3 is 2.91 bits per heavy atom. The van der Waals surface area contributed by atoms with Crippen LogP contribution in [0.3, 0.4) is 0 Å². The van der Waals surface area contributed by atoms with E-state index >= 15 is 0 Å². The maximum absolute atomic E-state index is 13.2. The standard InChI is InChI=1S/C22H25ClN6O3/c1-28-9-7-24-21(28)19(31)16-12-26-22(29-8-3-4-15(29)13-30)27-20(16)25-11-14-5-6-18(32-2)17(23)10-14/h5-7,9-10,12,15,30H,3-4,8,11,13H2,1-2H3,(H,25,26,27)/t15-/m0/s1. The molecule has 0 unspecified atom stereocenters. The van der Waals surface area contributed by atoms with Crippen molar-refractivity contribution in [2.75, 3.05) is 30.5 Å². The summed E-state index contributed by atoms with van der Waals surface area (Å²) in [5.74, 6) is 1.49. The lowest BCUT2D eigenvalue weighted by Gasteiger charge is -2.24. The molecule has 4 rings (SSSR count). The van der Waals surface area contributed by atoms with Crippen LogP contribution in [0.25, 0.3) is 0 Å². The minimum absolute atomic E-state index is 0.0284. The van der Waals surface area contributed by atoms with Gasteiger partial charge in [0.2, 0.25) is 11.7 Å². The Morgan fingerprint density at radius 2 is 2.22 bits per heavy atom. The second-order valence-corrected chi connectivity index (χ2v) is 8.02. The van der Waals surface area contributed by atoms with Gasteiger partial charge in [-0.2, -0.15) is 4.98 Å². The number of aromatic nitrogens is 4. The van der Waals surface area contributed by atoms with E-state index in [1.54, 1.807) is 43.3 Å². The average molecular weight is 457 g/mol. The lowest BCUT2D eigenvalue weighted by Crippen LogP contribution is -2.33. The van der Waals surface area contributed by atoms with Crippen molar-refractivity contribution in [3.05, 3.63) is 58.8 Å². The molecule has 0 aliphatic carbocycles. The fourth-order valence-electron chi connectivity index (χ4n) is 3.81. The average Bonchev–Trinajstić information content (AvgIpc) is 3.46. The molecule has 1 aromatic carbocycles. The van der Waals surface area contributed by atoms with E-state index in [2.05, 4.69) is 20.3 Å². The highest BCUT2D eigenvalue weighted by Crippen LogP contribution is 2.27. The number of anilines is 2. The van der Waals surface area contributed by atoms with Crippen LogP contribution in [0, 0.1) is 0 Å². The summed E-state index contributed by atoms with van der Waals surface area (Å²) in [4.78, 5) is 28.4. The number of carbonyl (C=O) groups is 1. The number of carbonyl (C=O) groups excluding carboxylic acids is 1. The predicted octanol–water partition coefficient (Wildman–Crippen LogP) is 2.68. The van der Waals surface area contributed by atoms with Gasteiger partial charge >= 0.3 is 0 Å². The molecule has 0 bridgehead atoms. The summed E-state index contributed by atoms with van der Waals surface area (Å²) in [6.45, 7) is 1.18. The highest BCUT2D eigenvalue weighted by molar-refractivity contribution is 6.32. The zero-order valence-electron chi connectivity index (χ0n) is 18.0. The Bertz CT molecular complexity index is 1120. The molecule has 1 fully saturated rings. The Hall–Kier alpha value is -3.17. The first-order chi connectivity index (χ1) is 15.5. The third-order valence-electron chi connectivity index (χ3n) is 5.57. The second-order valence-electron chi connectivity index (χ2n) is 7.62. The van der Waals surface area contributed by atoms with Gasteiger partial charge in [-0.25, -0.2) is 9.97 Å². The molecule has 3 heterocycles. The van der Waals surface area contributed by atoms with Gasteiger partial charge in [-0.3, -0.25) is 4.79 Å². The van der Waals surface area contributed by atoms with Crippen molar-refractivity contribution in [2.45, 2.75) is 25.4 Å². The molecule has 1 aliphatic rings. The predicted molar refractivity (Wildman–Crippen MR) is 121 cm³/mol. The summed E-state index contributed by atoms with van der Waals surface area (Å²) in [6.07, 6.45) is 6.64. The number of benzene rings is 1. The van der Waals surface area contributed by atoms with E-state index in [1.165, 1.54) is 6.20 Å². The molecule has 0 saturated carbocycles. The lowest BCUT2D eigenvalue weighted by molar-refractivity contribution is 0.102. The van der Waals surface area contributed by atoms with Gasteiger partial charge in [0.15, 0.2) is 5.82 Å². The van der Waals surface area contributed by atoms with Crippen molar-refractivity contribution in [1.29, 1.82) is 0 Å². The molecule has 1 aliphatic heterocycles. The molecule has 3 aromatic rings. The smallest absolute Gasteiger partial charge is 0.233 e. The number of ether oxygens (including phenoxy) is 1. The van der Waals surface area contributed by atoms with Gasteiger partial charge in [-0.1, -0.05) is 17.7 Å². The maximum Gasteiger partial charge on any atom is 0.233 e. The third-order valence-corrected chi connectivity index (χ3v) is 5.86. The van der Waals surface area contributed by atoms with Gasteiger partial charge in [0.05, 0.1) is 30.3 Å². The van der Waals surface area contributed by atoms with Gasteiger partial charge in [-0.05, 0) is 30.5 Å². The summed E-state index contributed by atoms with van der Waals surface area (Å²) in [7, 11) is 3.33. The van der Waals surface area contributed by atoms with Crippen LogP contribution in [-0.4, -0.2) is 56.7 Å². The molecule has 2 N–H and O–H groups in total. The normalized spacial score (nSPS) is 15.8. The molecule has 0 radical (unpaired) electrons. The van der Waals surface area contributed by atoms with Gasteiger partial charge in [0.1, 0.15) is 11.6 Å². The number of nitrogens with zero attached hydrogens (tertiary/aromatic N) is 5. The Balaban J connectivity index is 1.66. The minimum atomic E-state index is -0.278. The van der Waals surface area contributed by atoms with Crippen LogP contribution in [0.2, 0.25) is 5.02 Å². The van der Waals surface area contributed by atoms with Crippen LogP contribution < -0.4 is 15.0 Å².